The smallest absolute Gasteiger partial charge is 0.259 e. The van der Waals surface area contributed by atoms with Gasteiger partial charge in [-0.25, -0.2) is 0 Å². The molecule has 0 radical (unpaired) electrons. The first kappa shape index (κ1) is 17.0. The molecule has 25 heavy (non-hydrogen) atoms. The third-order valence-electron chi connectivity index (χ3n) is 4.06. The number of benzene rings is 2. The number of aryl methyl sites for hydroxylation is 1. The van der Waals surface area contributed by atoms with Crippen LogP contribution in [0.3, 0.4) is 0 Å². The van der Waals surface area contributed by atoms with Gasteiger partial charge in [0.05, 0.1) is 18.8 Å². The molecule has 1 fully saturated rings. The van der Waals surface area contributed by atoms with Crippen LogP contribution in [-0.4, -0.2) is 48.1 Å². The first-order valence-corrected chi connectivity index (χ1v) is 8.12. The lowest BCUT2D eigenvalue weighted by molar-refractivity contribution is 0.0303. The highest BCUT2D eigenvalue weighted by molar-refractivity contribution is 6.06. The lowest BCUT2D eigenvalue weighted by atomic mass is 10.1. The number of rotatable bonds is 3. The Hall–Kier alpha value is -2.86. The predicted molar refractivity (Wildman–Crippen MR) is 94.0 cm³/mol. The number of morpholine rings is 1. The van der Waals surface area contributed by atoms with Crippen molar-refractivity contribution in [2.75, 3.05) is 31.6 Å². The van der Waals surface area contributed by atoms with Crippen LogP contribution in [0.4, 0.5) is 5.69 Å². The van der Waals surface area contributed by atoms with Crippen LogP contribution in [-0.2, 0) is 4.74 Å². The highest BCUT2D eigenvalue weighted by Crippen LogP contribution is 2.21. The normalized spacial score (nSPS) is 14.2. The van der Waals surface area contributed by atoms with Crippen LogP contribution in [0.1, 0.15) is 26.3 Å². The second kappa shape index (κ2) is 7.36. The summed E-state index contributed by atoms with van der Waals surface area (Å²) in [6.45, 7) is 4.04. The Morgan fingerprint density at radius 2 is 1.88 bits per heavy atom. The molecule has 3 rings (SSSR count). The van der Waals surface area contributed by atoms with Crippen molar-refractivity contribution >= 4 is 17.5 Å². The Bertz CT molecular complexity index is 798. The second-order valence-electron chi connectivity index (χ2n) is 5.96. The molecule has 0 aromatic heterocycles. The van der Waals surface area contributed by atoms with E-state index in [1.165, 1.54) is 6.07 Å². The lowest BCUT2D eigenvalue weighted by Gasteiger charge is -2.27. The van der Waals surface area contributed by atoms with Crippen LogP contribution in [0, 0.1) is 6.92 Å². The monoisotopic (exact) mass is 340 g/mol. The van der Waals surface area contributed by atoms with E-state index < -0.39 is 5.91 Å². The molecule has 2 aromatic carbocycles. The molecule has 1 aliphatic heterocycles. The Morgan fingerprint density at radius 1 is 1.12 bits per heavy atom. The second-order valence-corrected chi connectivity index (χ2v) is 5.96. The number of anilines is 1. The Kier molecular flexibility index (Phi) is 5.00. The summed E-state index contributed by atoms with van der Waals surface area (Å²) in [5.74, 6) is -0.585. The summed E-state index contributed by atoms with van der Waals surface area (Å²) in [7, 11) is 0. The van der Waals surface area contributed by atoms with Crippen molar-refractivity contribution in [3.05, 3.63) is 59.2 Å². The van der Waals surface area contributed by atoms with Crippen molar-refractivity contribution in [3.63, 3.8) is 0 Å². The van der Waals surface area contributed by atoms with Crippen LogP contribution in [0.15, 0.2) is 42.5 Å². The molecule has 0 saturated carbocycles. The van der Waals surface area contributed by atoms with Gasteiger partial charge in [0, 0.05) is 24.3 Å². The van der Waals surface area contributed by atoms with Crippen molar-refractivity contribution in [2.24, 2.45) is 0 Å². The molecular formula is C19H20N2O4. The molecule has 0 atom stereocenters. The largest absolute Gasteiger partial charge is 0.507 e. The average molecular weight is 340 g/mol. The topological polar surface area (TPSA) is 78.9 Å². The van der Waals surface area contributed by atoms with Gasteiger partial charge < -0.3 is 20.1 Å². The molecule has 1 aliphatic rings. The minimum atomic E-state index is -0.419. The molecule has 1 heterocycles. The predicted octanol–water partition coefficient (Wildman–Crippen LogP) is 2.43. The number of amides is 2. The number of nitrogens with zero attached hydrogens (tertiary/aromatic N) is 1. The molecule has 0 aliphatic carbocycles. The number of phenolic OH excluding ortho intramolecular Hbond substituents is 1. The molecule has 6 heteroatoms. The molecule has 0 spiro atoms. The van der Waals surface area contributed by atoms with E-state index in [4.69, 9.17) is 4.74 Å². The third kappa shape index (κ3) is 3.97. The van der Waals surface area contributed by atoms with E-state index in [1.807, 2.05) is 6.92 Å². The highest BCUT2D eigenvalue weighted by atomic mass is 16.5. The zero-order valence-corrected chi connectivity index (χ0v) is 14.0. The van der Waals surface area contributed by atoms with Gasteiger partial charge in [0.15, 0.2) is 0 Å². The molecule has 1 saturated heterocycles. The van der Waals surface area contributed by atoms with Gasteiger partial charge in [-0.3, -0.25) is 9.59 Å². The number of hydrogen-bond donors (Lipinski definition) is 2. The van der Waals surface area contributed by atoms with Crippen molar-refractivity contribution in [1.29, 1.82) is 0 Å². The minimum Gasteiger partial charge on any atom is -0.507 e. The van der Waals surface area contributed by atoms with E-state index in [1.54, 1.807) is 41.3 Å². The lowest BCUT2D eigenvalue weighted by Crippen LogP contribution is -2.40. The number of ether oxygens (including phenoxy) is 1. The van der Waals surface area contributed by atoms with Crippen LogP contribution >= 0.6 is 0 Å². The van der Waals surface area contributed by atoms with Crippen LogP contribution in [0.2, 0.25) is 0 Å². The van der Waals surface area contributed by atoms with Crippen molar-refractivity contribution in [1.82, 2.24) is 4.90 Å². The first-order valence-electron chi connectivity index (χ1n) is 8.12. The Morgan fingerprint density at radius 3 is 2.64 bits per heavy atom. The summed E-state index contributed by atoms with van der Waals surface area (Å²) in [6.07, 6.45) is 0. The van der Waals surface area contributed by atoms with Crippen LogP contribution in [0.5, 0.6) is 5.75 Å². The SMILES string of the molecule is Cc1ccc(O)c(C(=O)Nc2cccc(C(=O)N3CCOCC3)c2)c1. The van der Waals surface area contributed by atoms with E-state index in [2.05, 4.69) is 5.32 Å². The molecule has 6 nitrogen and oxygen atoms in total. The van der Waals surface area contributed by atoms with Gasteiger partial charge in [0.2, 0.25) is 0 Å². The standard InChI is InChI=1S/C19H20N2O4/c1-13-5-6-17(22)16(11-13)18(23)20-15-4-2-3-14(12-15)19(24)21-7-9-25-10-8-21/h2-6,11-12,22H,7-10H2,1H3,(H,20,23). The fourth-order valence-electron chi connectivity index (χ4n) is 2.71. The molecular weight excluding hydrogens is 320 g/mol. The molecule has 2 N–H and O–H groups in total. The Labute approximate surface area is 146 Å². The summed E-state index contributed by atoms with van der Waals surface area (Å²) in [5.41, 5.74) is 2.09. The molecule has 130 valence electrons. The number of hydrogen-bond acceptors (Lipinski definition) is 4. The van der Waals surface area contributed by atoms with Gasteiger partial charge in [0.25, 0.3) is 11.8 Å². The van der Waals surface area contributed by atoms with Crippen molar-refractivity contribution in [3.8, 4) is 5.75 Å². The van der Waals surface area contributed by atoms with Crippen molar-refractivity contribution < 1.29 is 19.4 Å². The van der Waals surface area contributed by atoms with Gasteiger partial charge in [-0.15, -0.1) is 0 Å². The zero-order valence-electron chi connectivity index (χ0n) is 14.0. The average Bonchev–Trinajstić information content (AvgIpc) is 2.64. The van der Waals surface area contributed by atoms with E-state index >= 15 is 0 Å². The van der Waals surface area contributed by atoms with E-state index in [-0.39, 0.29) is 17.2 Å². The number of carbonyl (C=O) groups is 2. The van der Waals surface area contributed by atoms with E-state index in [0.29, 0.717) is 37.6 Å². The molecule has 2 aromatic rings. The van der Waals surface area contributed by atoms with Gasteiger partial charge >= 0.3 is 0 Å². The van der Waals surface area contributed by atoms with E-state index in [0.717, 1.165) is 5.56 Å². The van der Waals surface area contributed by atoms with Crippen molar-refractivity contribution in [2.45, 2.75) is 6.92 Å². The summed E-state index contributed by atoms with van der Waals surface area (Å²) in [6, 6.07) is 11.6. The molecule has 0 unspecified atom stereocenters. The quantitative estimate of drug-likeness (QED) is 0.899. The summed E-state index contributed by atoms with van der Waals surface area (Å²) in [4.78, 5) is 26.6. The van der Waals surface area contributed by atoms with Crippen LogP contribution in [0.25, 0.3) is 0 Å². The third-order valence-corrected chi connectivity index (χ3v) is 4.06. The van der Waals surface area contributed by atoms with Gasteiger partial charge in [-0.05, 0) is 37.3 Å². The molecule has 0 bridgehead atoms. The summed E-state index contributed by atoms with van der Waals surface area (Å²) >= 11 is 0. The summed E-state index contributed by atoms with van der Waals surface area (Å²) in [5, 5.41) is 12.6. The summed E-state index contributed by atoms with van der Waals surface area (Å²) < 4.78 is 5.26. The maximum atomic E-state index is 12.5. The van der Waals surface area contributed by atoms with Gasteiger partial charge in [-0.1, -0.05) is 17.7 Å². The van der Waals surface area contributed by atoms with Crippen LogP contribution < -0.4 is 5.32 Å². The Balaban J connectivity index is 1.76. The molecule has 2 amide bonds. The number of nitrogens with one attached hydrogen (secondary N) is 1. The number of carbonyl (C=O) groups excluding carboxylic acids is 2. The maximum absolute atomic E-state index is 12.5. The van der Waals surface area contributed by atoms with E-state index in [9.17, 15) is 14.7 Å². The van der Waals surface area contributed by atoms with Gasteiger partial charge in [0.1, 0.15) is 5.75 Å². The minimum absolute atomic E-state index is 0.0800. The first-order chi connectivity index (χ1) is 12.0. The number of aromatic hydroxyl groups is 1. The number of phenols is 1. The fourth-order valence-corrected chi connectivity index (χ4v) is 2.71. The highest BCUT2D eigenvalue weighted by Gasteiger charge is 2.19. The fraction of sp³-hybridized carbons (Fsp3) is 0.263. The zero-order chi connectivity index (χ0) is 17.8. The van der Waals surface area contributed by atoms with Gasteiger partial charge in [-0.2, -0.15) is 0 Å². The maximum Gasteiger partial charge on any atom is 0.259 e.